The van der Waals surface area contributed by atoms with Gasteiger partial charge in [0.15, 0.2) is 5.69 Å². The van der Waals surface area contributed by atoms with E-state index < -0.39 is 11.9 Å². The molecule has 0 saturated carbocycles. The summed E-state index contributed by atoms with van der Waals surface area (Å²) in [6.07, 6.45) is 17.0. The van der Waals surface area contributed by atoms with E-state index in [4.69, 9.17) is 32.7 Å². The summed E-state index contributed by atoms with van der Waals surface area (Å²) in [5.74, 6) is 7.15. The highest BCUT2D eigenvalue weighted by atomic mass is 35.5. The monoisotopic (exact) mass is 998 g/mol. The molecule has 0 bridgehead atoms. The Morgan fingerprint density at radius 2 is 1.81 bits per heavy atom. The maximum Gasteiger partial charge on any atom is 0.329 e. The van der Waals surface area contributed by atoms with Crippen LogP contribution in [0.3, 0.4) is 0 Å². The van der Waals surface area contributed by atoms with Gasteiger partial charge in [-0.3, -0.25) is 38.4 Å². The molecule has 1 unspecified atom stereocenters. The molecule has 8 rings (SSSR count). The zero-order chi connectivity index (χ0) is 50.9. The largest absolute Gasteiger partial charge is 0.480 e. The van der Waals surface area contributed by atoms with Crippen LogP contribution in [-0.4, -0.2) is 90.9 Å². The minimum absolute atomic E-state index is 0.0613. The van der Waals surface area contributed by atoms with E-state index in [1.165, 1.54) is 29.6 Å². The summed E-state index contributed by atoms with van der Waals surface area (Å²) in [5, 5.41) is 8.82. The molecule has 3 N–H and O–H groups in total. The number of likely N-dealkylation sites (tertiary alicyclic amines) is 1. The van der Waals surface area contributed by atoms with Crippen molar-refractivity contribution in [3.05, 3.63) is 98.5 Å². The fourth-order valence-corrected chi connectivity index (χ4v) is 8.35. The van der Waals surface area contributed by atoms with Crippen molar-refractivity contribution in [1.29, 1.82) is 0 Å². The molecule has 372 valence electrons. The van der Waals surface area contributed by atoms with Crippen LogP contribution in [-0.2, 0) is 39.3 Å². The number of piperidine rings is 2. The number of hydrogen-bond donors (Lipinski definition) is 3. The summed E-state index contributed by atoms with van der Waals surface area (Å²) >= 11 is 11.2. The molecule has 3 aromatic heterocycles. The first kappa shape index (κ1) is 54.0. The van der Waals surface area contributed by atoms with Gasteiger partial charge in [0, 0.05) is 68.4 Å². The van der Waals surface area contributed by atoms with Crippen molar-refractivity contribution >= 4 is 64.3 Å². The highest BCUT2D eigenvalue weighted by molar-refractivity contribution is 6.31. The molecule has 1 aliphatic carbocycles. The summed E-state index contributed by atoms with van der Waals surface area (Å²) in [4.78, 5) is 87.5. The maximum absolute atomic E-state index is 13.2. The molecule has 2 atom stereocenters. The van der Waals surface area contributed by atoms with Gasteiger partial charge in [-0.1, -0.05) is 74.0 Å². The van der Waals surface area contributed by atoms with Crippen LogP contribution in [0.2, 0.25) is 0 Å². The van der Waals surface area contributed by atoms with Crippen molar-refractivity contribution in [2.45, 2.75) is 91.8 Å². The van der Waals surface area contributed by atoms with Crippen LogP contribution < -0.4 is 31.1 Å². The van der Waals surface area contributed by atoms with Gasteiger partial charge in [-0.25, -0.2) is 14.8 Å². The molecular weight excluding hydrogens is 940 g/mol. The Morgan fingerprint density at radius 3 is 2.46 bits per heavy atom. The Labute approximate surface area is 417 Å². The Hall–Kier alpha value is -6.97. The van der Waals surface area contributed by atoms with Crippen molar-refractivity contribution < 1.29 is 33.4 Å². The third-order valence-corrected chi connectivity index (χ3v) is 12.1. The lowest BCUT2D eigenvalue weighted by Gasteiger charge is -2.30. The van der Waals surface area contributed by atoms with Crippen LogP contribution in [0, 0.1) is 23.7 Å². The third-order valence-electron chi connectivity index (χ3n) is 11.6. The number of rotatable bonds is 11. The SMILES string of the molecule is C/C=C\C(Cl)=C/NC=O.CC.COc1ncc(-c2nc3c(n2CCCC(=O)N2CCC(C#Cc4ccc5c(c4)n(C)c(=O)n5C4CCC(=O)NC4=O)CC2)CNC3=O)c(OC)n1.C[C@@H]1C=CC(Cl)=CC1. The number of carbonyl (C=O) groups is 5. The first-order valence-electron chi connectivity index (χ1n) is 23.2. The molecular formula is C50H60Cl2N10O8. The maximum atomic E-state index is 13.2. The van der Waals surface area contributed by atoms with Gasteiger partial charge >= 0.3 is 11.7 Å². The van der Waals surface area contributed by atoms with E-state index in [0.717, 1.165) is 35.6 Å². The van der Waals surface area contributed by atoms with Crippen molar-refractivity contribution in [3.63, 3.8) is 0 Å². The molecule has 4 aliphatic rings. The van der Waals surface area contributed by atoms with Crippen LogP contribution in [0.25, 0.3) is 22.4 Å². The lowest BCUT2D eigenvalue weighted by Crippen LogP contribution is -2.44. The zero-order valence-corrected chi connectivity index (χ0v) is 42.0. The number of allylic oxidation sites excluding steroid dienone is 7. The van der Waals surface area contributed by atoms with E-state index in [-0.39, 0.29) is 54.1 Å². The third kappa shape index (κ3) is 13.6. The summed E-state index contributed by atoms with van der Waals surface area (Å²) < 4.78 is 15.5. The quantitative estimate of drug-likeness (QED) is 0.0645. The predicted molar refractivity (Wildman–Crippen MR) is 268 cm³/mol. The number of aryl methyl sites for hydroxylation is 1. The lowest BCUT2D eigenvalue weighted by atomic mass is 9.96. The second-order valence-corrected chi connectivity index (χ2v) is 17.1. The topological polar surface area (TPSA) is 214 Å². The van der Waals surface area contributed by atoms with E-state index in [1.54, 1.807) is 31.5 Å². The Kier molecular flexibility index (Phi) is 20.1. The molecule has 70 heavy (non-hydrogen) atoms. The fraction of sp³-hybridized carbons (Fsp3) is 0.420. The van der Waals surface area contributed by atoms with Gasteiger partial charge in [0.25, 0.3) is 5.91 Å². The van der Waals surface area contributed by atoms with Gasteiger partial charge in [0.05, 0.1) is 48.1 Å². The average molecular weight is 1000 g/mol. The van der Waals surface area contributed by atoms with E-state index in [0.29, 0.717) is 84.5 Å². The van der Waals surface area contributed by atoms with Gasteiger partial charge in [0.2, 0.25) is 30.0 Å². The Balaban J connectivity index is 0.000000404. The molecule has 18 nitrogen and oxygen atoms in total. The number of nitrogens with one attached hydrogen (secondary N) is 3. The number of halogens is 2. The van der Waals surface area contributed by atoms with Crippen LogP contribution >= 0.6 is 23.2 Å². The van der Waals surface area contributed by atoms with Gasteiger partial charge < -0.3 is 29.6 Å². The number of carbonyl (C=O) groups excluding carboxylic acids is 5. The standard InChI is InChI=1S/C35H37N9O7.C7H9Cl.C6H8ClNO.C2H6/c1-41-25-17-21(8-9-23(25)44(35(41)49)24-10-11-27(45)38-31(24)47)7-6-20-12-15-42(16-13-20)28(46)5-4-14-43-26-19-36-32(48)29(26)39-30(43)22-18-37-34(51-3)40-33(22)50-2;1-6-2-4-7(8)5-3-6;1-2-3-6(7)4-8-5-9;1-2/h8-9,17-18,20,24H,4-5,10-16,19H2,1-3H3,(H,36,48)(H,38,45,47);2,4-6H,3H2,1H3;2-5H,1H3,(H,8,9);1-2H3/b;;3-2-,6-4+;/t;6-;;/m.1../s1. The lowest BCUT2D eigenvalue weighted by molar-refractivity contribution is -0.136. The minimum atomic E-state index is -0.741. The molecule has 2 saturated heterocycles. The molecule has 6 heterocycles. The smallest absolute Gasteiger partial charge is 0.329 e. The van der Waals surface area contributed by atoms with Crippen molar-refractivity contribution in [2.24, 2.45) is 18.9 Å². The first-order chi connectivity index (χ1) is 33.8. The number of aromatic nitrogens is 6. The van der Waals surface area contributed by atoms with E-state index in [2.05, 4.69) is 55.7 Å². The van der Waals surface area contributed by atoms with Gasteiger partial charge in [0.1, 0.15) is 11.9 Å². The molecule has 20 heteroatoms. The van der Waals surface area contributed by atoms with Crippen LogP contribution in [0.5, 0.6) is 11.9 Å². The van der Waals surface area contributed by atoms with Gasteiger partial charge in [-0.15, -0.1) is 0 Å². The van der Waals surface area contributed by atoms with E-state index >= 15 is 0 Å². The number of imide groups is 1. The number of nitrogens with zero attached hydrogens (tertiary/aromatic N) is 7. The molecule has 0 radical (unpaired) electrons. The number of hydrogen-bond acceptors (Lipinski definition) is 11. The molecule has 4 aromatic rings. The number of methoxy groups -OCH3 is 2. The number of fused-ring (bicyclic) bond motifs is 2. The Bertz CT molecular complexity index is 2800. The highest BCUT2D eigenvalue weighted by Crippen LogP contribution is 2.32. The summed E-state index contributed by atoms with van der Waals surface area (Å²) in [6.45, 7) is 10.0. The van der Waals surface area contributed by atoms with E-state index in [9.17, 15) is 28.8 Å². The second-order valence-electron chi connectivity index (χ2n) is 16.2. The van der Waals surface area contributed by atoms with Crippen molar-refractivity contribution in [3.8, 4) is 35.1 Å². The normalized spacial score (nSPS) is 17.6. The molecule has 2 fully saturated rings. The summed E-state index contributed by atoms with van der Waals surface area (Å²) in [5.41, 5.74) is 3.30. The molecule has 1 aromatic carbocycles. The first-order valence-corrected chi connectivity index (χ1v) is 23.9. The molecule has 0 spiro atoms. The van der Waals surface area contributed by atoms with Gasteiger partial charge in [-0.2, -0.15) is 4.98 Å². The minimum Gasteiger partial charge on any atom is -0.480 e. The zero-order valence-electron chi connectivity index (χ0n) is 40.5. The Morgan fingerprint density at radius 1 is 1.06 bits per heavy atom. The number of amides is 5. The van der Waals surface area contributed by atoms with Gasteiger partial charge in [-0.05, 0) is 75.3 Å². The highest BCUT2D eigenvalue weighted by Gasteiger charge is 2.32. The number of imidazole rings is 2. The summed E-state index contributed by atoms with van der Waals surface area (Å²) in [7, 11) is 4.60. The molecule has 5 amide bonds. The predicted octanol–water partition coefficient (Wildman–Crippen LogP) is 6.42. The van der Waals surface area contributed by atoms with Crippen LogP contribution in [0.1, 0.15) is 100 Å². The summed E-state index contributed by atoms with van der Waals surface area (Å²) in [6, 6.07) is 4.88. The van der Waals surface area contributed by atoms with Crippen LogP contribution in [0.15, 0.2) is 75.8 Å². The average Bonchev–Trinajstić information content (AvgIpc) is 4.00. The number of ether oxygens (including phenoxy) is 2. The van der Waals surface area contributed by atoms with E-state index in [1.807, 2.05) is 54.5 Å². The molecule has 3 aliphatic heterocycles. The van der Waals surface area contributed by atoms with Crippen molar-refractivity contribution in [1.82, 2.24) is 49.5 Å². The fourth-order valence-electron chi connectivity index (χ4n) is 8.00. The van der Waals surface area contributed by atoms with Crippen LogP contribution in [0.4, 0.5) is 0 Å². The second kappa shape index (κ2) is 26.1. The number of benzene rings is 1. The van der Waals surface area contributed by atoms with Crippen molar-refractivity contribution in [2.75, 3.05) is 27.3 Å².